The molecule has 156 valence electrons. The molecule has 0 spiro atoms. The molecular weight excluding hydrogens is 386 g/mol. The zero-order chi connectivity index (χ0) is 20.7. The predicted molar refractivity (Wildman–Crippen MR) is 116 cm³/mol. The minimum atomic E-state index is -3.22. The largest absolute Gasteiger partial charge is 0.338 e. The average Bonchev–Trinajstić information content (AvgIpc) is 2.71. The number of fused-ring (bicyclic) bond motifs is 1. The van der Waals surface area contributed by atoms with Crippen molar-refractivity contribution in [3.63, 3.8) is 0 Å². The standard InChI is InChI=1S/C22H29N3O3S/c1-2-15-29(27,28)25-14-12-19-10-11-21(16-20(19)17-25)24-22(26)23-13-6-9-18-7-4-3-5-8-18/h3-5,7-8,10-11,16H,2,6,9,12-15,17H2,1H3,(H2,23,24,26). The van der Waals surface area contributed by atoms with Crippen LogP contribution in [0.1, 0.15) is 36.5 Å². The number of carbonyl (C=O) groups excluding carboxylic acids is 1. The number of urea groups is 1. The maximum absolute atomic E-state index is 12.4. The van der Waals surface area contributed by atoms with Crippen LogP contribution in [0.2, 0.25) is 0 Å². The number of rotatable bonds is 8. The van der Waals surface area contributed by atoms with Crippen molar-refractivity contribution in [3.05, 3.63) is 65.2 Å². The van der Waals surface area contributed by atoms with Gasteiger partial charge in [-0.05, 0) is 54.5 Å². The van der Waals surface area contributed by atoms with Crippen LogP contribution in [0.15, 0.2) is 48.5 Å². The Hall–Kier alpha value is -2.38. The zero-order valence-electron chi connectivity index (χ0n) is 16.9. The maximum atomic E-state index is 12.4. The summed E-state index contributed by atoms with van der Waals surface area (Å²) in [5, 5.41) is 5.73. The molecule has 0 atom stereocenters. The van der Waals surface area contributed by atoms with E-state index < -0.39 is 10.0 Å². The Kier molecular flexibility index (Phi) is 7.28. The molecule has 7 heteroatoms. The van der Waals surface area contributed by atoms with E-state index in [0.29, 0.717) is 38.2 Å². The van der Waals surface area contributed by atoms with Gasteiger partial charge >= 0.3 is 6.03 Å². The van der Waals surface area contributed by atoms with Gasteiger partial charge in [-0.1, -0.05) is 43.3 Å². The second kappa shape index (κ2) is 9.89. The van der Waals surface area contributed by atoms with Gasteiger partial charge in [0, 0.05) is 25.3 Å². The summed E-state index contributed by atoms with van der Waals surface area (Å²) in [5.41, 5.74) is 4.03. The molecule has 0 aromatic heterocycles. The molecule has 1 aliphatic heterocycles. The lowest BCUT2D eigenvalue weighted by Crippen LogP contribution is -2.37. The van der Waals surface area contributed by atoms with Crippen molar-refractivity contribution < 1.29 is 13.2 Å². The van der Waals surface area contributed by atoms with E-state index in [1.807, 2.05) is 43.3 Å². The molecular formula is C22H29N3O3S. The fourth-order valence-corrected chi connectivity index (χ4v) is 5.03. The summed E-state index contributed by atoms with van der Waals surface area (Å²) in [6.07, 6.45) is 3.09. The summed E-state index contributed by atoms with van der Waals surface area (Å²) in [6.45, 7) is 3.35. The summed E-state index contributed by atoms with van der Waals surface area (Å²) in [5.74, 6) is 0.172. The number of amides is 2. The third kappa shape index (κ3) is 6.05. The van der Waals surface area contributed by atoms with Gasteiger partial charge in [0.25, 0.3) is 0 Å². The van der Waals surface area contributed by atoms with Crippen molar-refractivity contribution >= 4 is 21.7 Å². The van der Waals surface area contributed by atoms with Crippen LogP contribution in [0.5, 0.6) is 0 Å². The van der Waals surface area contributed by atoms with Gasteiger partial charge in [0.2, 0.25) is 10.0 Å². The van der Waals surface area contributed by atoms with Crippen LogP contribution < -0.4 is 10.6 Å². The number of nitrogens with one attached hydrogen (secondary N) is 2. The van der Waals surface area contributed by atoms with Gasteiger partial charge < -0.3 is 10.6 Å². The Morgan fingerprint density at radius 1 is 1.10 bits per heavy atom. The lowest BCUT2D eigenvalue weighted by atomic mass is 10.0. The minimum Gasteiger partial charge on any atom is -0.338 e. The Morgan fingerprint density at radius 2 is 1.90 bits per heavy atom. The molecule has 0 saturated heterocycles. The second-order valence-corrected chi connectivity index (χ2v) is 9.44. The molecule has 0 bridgehead atoms. The SMILES string of the molecule is CCCS(=O)(=O)N1CCc2ccc(NC(=O)NCCCc3ccccc3)cc2C1. The minimum absolute atomic E-state index is 0.172. The molecule has 0 saturated carbocycles. The molecule has 0 aliphatic carbocycles. The van der Waals surface area contributed by atoms with E-state index in [1.165, 1.54) is 5.56 Å². The van der Waals surface area contributed by atoms with Gasteiger partial charge in [-0.2, -0.15) is 4.31 Å². The van der Waals surface area contributed by atoms with Gasteiger partial charge in [0.15, 0.2) is 0 Å². The maximum Gasteiger partial charge on any atom is 0.319 e. The van der Waals surface area contributed by atoms with Crippen LogP contribution in [0, 0.1) is 0 Å². The van der Waals surface area contributed by atoms with E-state index in [0.717, 1.165) is 24.0 Å². The highest BCUT2D eigenvalue weighted by molar-refractivity contribution is 7.89. The quantitative estimate of drug-likeness (QED) is 0.648. The number of sulfonamides is 1. The number of aryl methyl sites for hydroxylation is 1. The normalized spacial score (nSPS) is 14.2. The third-order valence-electron chi connectivity index (χ3n) is 5.07. The summed E-state index contributed by atoms with van der Waals surface area (Å²) in [4.78, 5) is 12.2. The molecule has 29 heavy (non-hydrogen) atoms. The van der Waals surface area contributed by atoms with Crippen molar-refractivity contribution in [2.75, 3.05) is 24.2 Å². The van der Waals surface area contributed by atoms with Crippen molar-refractivity contribution in [3.8, 4) is 0 Å². The highest BCUT2D eigenvalue weighted by Gasteiger charge is 2.26. The highest BCUT2D eigenvalue weighted by atomic mass is 32.2. The predicted octanol–water partition coefficient (Wildman–Crippen LogP) is 3.54. The van der Waals surface area contributed by atoms with Crippen LogP contribution in [0.3, 0.4) is 0 Å². The lowest BCUT2D eigenvalue weighted by Gasteiger charge is -2.28. The molecule has 2 aromatic carbocycles. The topological polar surface area (TPSA) is 78.5 Å². The number of benzene rings is 2. The third-order valence-corrected chi connectivity index (χ3v) is 7.09. The van der Waals surface area contributed by atoms with Crippen LogP contribution >= 0.6 is 0 Å². The first kappa shape index (κ1) is 21.3. The molecule has 1 aliphatic rings. The fourth-order valence-electron chi connectivity index (χ4n) is 3.55. The molecule has 2 amide bonds. The van der Waals surface area contributed by atoms with Crippen molar-refractivity contribution in [2.45, 2.75) is 39.2 Å². The Morgan fingerprint density at radius 3 is 2.66 bits per heavy atom. The summed E-state index contributed by atoms with van der Waals surface area (Å²) >= 11 is 0. The van der Waals surface area contributed by atoms with Crippen molar-refractivity contribution in [2.24, 2.45) is 0 Å². The average molecular weight is 416 g/mol. The Balaban J connectivity index is 1.51. The van der Waals surface area contributed by atoms with Crippen LogP contribution in [0.25, 0.3) is 0 Å². The van der Waals surface area contributed by atoms with E-state index in [9.17, 15) is 13.2 Å². The molecule has 0 radical (unpaired) electrons. The van der Waals surface area contributed by atoms with E-state index in [4.69, 9.17) is 0 Å². The van der Waals surface area contributed by atoms with Gasteiger partial charge in [-0.25, -0.2) is 13.2 Å². The van der Waals surface area contributed by atoms with Crippen LogP contribution in [-0.2, 0) is 29.4 Å². The van der Waals surface area contributed by atoms with E-state index >= 15 is 0 Å². The molecule has 2 aromatic rings. The van der Waals surface area contributed by atoms with E-state index in [1.54, 1.807) is 4.31 Å². The van der Waals surface area contributed by atoms with E-state index in [2.05, 4.69) is 22.8 Å². The molecule has 2 N–H and O–H groups in total. The fraction of sp³-hybridized carbons (Fsp3) is 0.409. The van der Waals surface area contributed by atoms with Crippen LogP contribution in [-0.4, -0.2) is 37.6 Å². The van der Waals surface area contributed by atoms with Gasteiger partial charge in [-0.3, -0.25) is 0 Å². The number of hydrogen-bond acceptors (Lipinski definition) is 3. The summed E-state index contributed by atoms with van der Waals surface area (Å²) in [7, 11) is -3.22. The Bertz CT molecular complexity index is 930. The molecule has 3 rings (SSSR count). The number of anilines is 1. The lowest BCUT2D eigenvalue weighted by molar-refractivity contribution is 0.252. The number of hydrogen-bond donors (Lipinski definition) is 2. The highest BCUT2D eigenvalue weighted by Crippen LogP contribution is 2.24. The van der Waals surface area contributed by atoms with Crippen molar-refractivity contribution in [1.29, 1.82) is 0 Å². The van der Waals surface area contributed by atoms with Crippen molar-refractivity contribution in [1.82, 2.24) is 9.62 Å². The number of carbonyl (C=O) groups is 1. The first-order chi connectivity index (χ1) is 14.0. The van der Waals surface area contributed by atoms with E-state index in [-0.39, 0.29) is 11.8 Å². The molecule has 0 unspecified atom stereocenters. The number of nitrogens with zero attached hydrogens (tertiary/aromatic N) is 1. The first-order valence-corrected chi connectivity index (χ1v) is 11.8. The van der Waals surface area contributed by atoms with Crippen LogP contribution in [0.4, 0.5) is 10.5 Å². The van der Waals surface area contributed by atoms with Gasteiger partial charge in [0.1, 0.15) is 0 Å². The molecule has 0 fully saturated rings. The van der Waals surface area contributed by atoms with Gasteiger partial charge in [-0.15, -0.1) is 0 Å². The Labute approximate surface area is 173 Å². The second-order valence-electron chi connectivity index (χ2n) is 7.35. The first-order valence-electron chi connectivity index (χ1n) is 10.2. The van der Waals surface area contributed by atoms with Gasteiger partial charge in [0.05, 0.1) is 5.75 Å². The molecule has 6 nitrogen and oxygen atoms in total. The smallest absolute Gasteiger partial charge is 0.319 e. The summed E-state index contributed by atoms with van der Waals surface area (Å²) in [6, 6.07) is 15.7. The zero-order valence-corrected chi connectivity index (χ0v) is 17.7. The summed E-state index contributed by atoms with van der Waals surface area (Å²) < 4.78 is 26.3. The monoisotopic (exact) mass is 415 g/mol. The molecule has 1 heterocycles.